The molecule has 0 saturated heterocycles. The van der Waals surface area contributed by atoms with Gasteiger partial charge in [0.15, 0.2) is 0 Å². The average molecular weight is 376 g/mol. The van der Waals surface area contributed by atoms with Gasteiger partial charge in [-0.3, -0.25) is 9.48 Å². The van der Waals surface area contributed by atoms with Crippen LogP contribution in [0.5, 0.6) is 0 Å². The number of aryl methyl sites for hydroxylation is 1. The molecule has 2 aromatic heterocycles. The number of fused-ring (bicyclic) bond motifs is 1. The van der Waals surface area contributed by atoms with Gasteiger partial charge in [0.2, 0.25) is 5.91 Å². The predicted octanol–water partition coefficient (Wildman–Crippen LogP) is 4.15. The van der Waals surface area contributed by atoms with Crippen LogP contribution >= 0.6 is 11.3 Å². The van der Waals surface area contributed by atoms with Gasteiger partial charge in [-0.25, -0.2) is 8.78 Å². The van der Waals surface area contributed by atoms with Crippen LogP contribution in [0.1, 0.15) is 65.4 Å². The first kappa shape index (κ1) is 17.2. The molecule has 1 fully saturated rings. The first-order valence-corrected chi connectivity index (χ1v) is 9.58. The Balaban J connectivity index is 1.53. The van der Waals surface area contributed by atoms with Gasteiger partial charge >= 0.3 is 0 Å². The molecule has 2 aromatic rings. The van der Waals surface area contributed by atoms with E-state index < -0.39 is 6.43 Å². The lowest BCUT2D eigenvalue weighted by Crippen LogP contribution is -2.21. The summed E-state index contributed by atoms with van der Waals surface area (Å²) in [6.07, 6.45) is 3.19. The molecule has 0 radical (unpaired) electrons. The van der Waals surface area contributed by atoms with Crippen molar-refractivity contribution in [2.75, 3.05) is 5.32 Å². The zero-order chi connectivity index (χ0) is 18.3. The number of nitrogens with zero attached hydrogens (tertiary/aromatic N) is 3. The Kier molecular flexibility index (Phi) is 4.49. The molecule has 0 unspecified atom stereocenters. The zero-order valence-corrected chi connectivity index (χ0v) is 14.9. The summed E-state index contributed by atoms with van der Waals surface area (Å²) in [7, 11) is 0. The normalized spacial score (nSPS) is 16.4. The van der Waals surface area contributed by atoms with Crippen molar-refractivity contribution in [3.8, 4) is 6.07 Å². The molecule has 1 saturated carbocycles. The second-order valence-electron chi connectivity index (χ2n) is 6.80. The molecule has 2 heterocycles. The first-order chi connectivity index (χ1) is 12.6. The standard InChI is InChI=1S/C18H18F2N4OS/c19-17(20)13-7-14(10-5-6-10)24(23-13)9-16(25)22-18-12(8-21)11-3-1-2-4-15(11)26-18/h7,10,17H,1-6,9H2,(H,22,25). The van der Waals surface area contributed by atoms with Crippen molar-refractivity contribution in [2.45, 2.75) is 57.4 Å². The van der Waals surface area contributed by atoms with Gasteiger partial charge in [-0.1, -0.05) is 0 Å². The van der Waals surface area contributed by atoms with E-state index in [1.807, 2.05) is 0 Å². The predicted molar refractivity (Wildman–Crippen MR) is 93.5 cm³/mol. The lowest BCUT2D eigenvalue weighted by atomic mass is 9.96. The molecule has 136 valence electrons. The van der Waals surface area contributed by atoms with Crippen molar-refractivity contribution in [2.24, 2.45) is 0 Å². The molecule has 1 amide bonds. The number of nitriles is 1. The molecule has 26 heavy (non-hydrogen) atoms. The fourth-order valence-electron chi connectivity index (χ4n) is 3.47. The monoisotopic (exact) mass is 376 g/mol. The molecule has 0 spiro atoms. The summed E-state index contributed by atoms with van der Waals surface area (Å²) in [4.78, 5) is 13.6. The van der Waals surface area contributed by atoms with Gasteiger partial charge in [-0.15, -0.1) is 11.3 Å². The molecule has 0 bridgehead atoms. The van der Waals surface area contributed by atoms with E-state index in [1.54, 1.807) is 0 Å². The van der Waals surface area contributed by atoms with E-state index in [4.69, 9.17) is 0 Å². The number of rotatable bonds is 5. The van der Waals surface area contributed by atoms with E-state index in [0.29, 0.717) is 16.3 Å². The summed E-state index contributed by atoms with van der Waals surface area (Å²) in [5.74, 6) is -0.127. The third-order valence-corrected chi connectivity index (χ3v) is 6.09. The van der Waals surface area contributed by atoms with E-state index in [9.17, 15) is 18.8 Å². The molecule has 0 atom stereocenters. The summed E-state index contributed by atoms with van der Waals surface area (Å²) < 4.78 is 27.3. The Hall–Kier alpha value is -2.27. The fraction of sp³-hybridized carbons (Fsp3) is 0.500. The van der Waals surface area contributed by atoms with Crippen LogP contribution < -0.4 is 5.32 Å². The molecular formula is C18H18F2N4OS. The minimum Gasteiger partial charge on any atom is -0.315 e. The Morgan fingerprint density at radius 3 is 2.88 bits per heavy atom. The van der Waals surface area contributed by atoms with E-state index in [2.05, 4.69) is 16.5 Å². The van der Waals surface area contributed by atoms with Crippen molar-refractivity contribution in [1.29, 1.82) is 5.26 Å². The van der Waals surface area contributed by atoms with Crippen molar-refractivity contribution >= 4 is 22.2 Å². The number of carbonyl (C=O) groups excluding carboxylic acids is 1. The molecule has 1 N–H and O–H groups in total. The van der Waals surface area contributed by atoms with Crippen LogP contribution in [-0.4, -0.2) is 15.7 Å². The molecule has 0 aromatic carbocycles. The minimum atomic E-state index is -2.65. The molecule has 2 aliphatic carbocycles. The van der Waals surface area contributed by atoms with E-state index in [-0.39, 0.29) is 24.1 Å². The third-order valence-electron chi connectivity index (χ3n) is 4.88. The SMILES string of the molecule is N#Cc1c(NC(=O)Cn2nc(C(F)F)cc2C2CC2)sc2c1CCCC2. The van der Waals surface area contributed by atoms with E-state index in [1.165, 1.54) is 27.0 Å². The van der Waals surface area contributed by atoms with Crippen molar-refractivity contribution in [1.82, 2.24) is 9.78 Å². The quantitative estimate of drug-likeness (QED) is 0.852. The van der Waals surface area contributed by atoms with E-state index >= 15 is 0 Å². The highest BCUT2D eigenvalue weighted by atomic mass is 32.1. The smallest absolute Gasteiger partial charge is 0.282 e. The number of alkyl halides is 2. The lowest BCUT2D eigenvalue weighted by Gasteiger charge is -2.09. The topological polar surface area (TPSA) is 70.7 Å². The van der Waals surface area contributed by atoms with Crippen LogP contribution in [0.25, 0.3) is 0 Å². The number of anilines is 1. The molecular weight excluding hydrogens is 358 g/mol. The highest BCUT2D eigenvalue weighted by molar-refractivity contribution is 7.16. The van der Waals surface area contributed by atoms with Crippen LogP contribution in [0, 0.1) is 11.3 Å². The van der Waals surface area contributed by atoms with Gasteiger partial charge in [-0.05, 0) is 50.2 Å². The number of aromatic nitrogens is 2. The van der Waals surface area contributed by atoms with Gasteiger partial charge in [0.1, 0.15) is 23.3 Å². The number of thiophene rings is 1. The maximum Gasteiger partial charge on any atom is 0.282 e. The summed E-state index contributed by atoms with van der Waals surface area (Å²) >= 11 is 1.45. The number of hydrogen-bond acceptors (Lipinski definition) is 4. The molecule has 2 aliphatic rings. The second-order valence-corrected chi connectivity index (χ2v) is 7.91. The largest absolute Gasteiger partial charge is 0.315 e. The van der Waals surface area contributed by atoms with Gasteiger partial charge in [0.05, 0.1) is 5.56 Å². The van der Waals surface area contributed by atoms with Crippen LogP contribution in [0.4, 0.5) is 13.8 Å². The summed E-state index contributed by atoms with van der Waals surface area (Å²) in [6.45, 7) is -0.119. The van der Waals surface area contributed by atoms with Crippen LogP contribution in [0.3, 0.4) is 0 Å². The minimum absolute atomic E-state index is 0.119. The average Bonchev–Trinajstić information content (AvgIpc) is 3.27. The van der Waals surface area contributed by atoms with Crippen LogP contribution in [0.15, 0.2) is 6.07 Å². The number of hydrogen-bond donors (Lipinski definition) is 1. The fourth-order valence-corrected chi connectivity index (χ4v) is 4.72. The zero-order valence-electron chi connectivity index (χ0n) is 14.1. The number of carbonyl (C=O) groups is 1. The highest BCUT2D eigenvalue weighted by Gasteiger charge is 2.30. The molecule has 5 nitrogen and oxygen atoms in total. The maximum absolute atomic E-state index is 12.9. The van der Waals surface area contributed by atoms with Gasteiger partial charge in [-0.2, -0.15) is 10.4 Å². The second kappa shape index (κ2) is 6.80. The van der Waals surface area contributed by atoms with Crippen molar-refractivity contribution in [3.63, 3.8) is 0 Å². The van der Waals surface area contributed by atoms with Crippen molar-refractivity contribution < 1.29 is 13.6 Å². The van der Waals surface area contributed by atoms with Gasteiger partial charge < -0.3 is 5.32 Å². The number of halogens is 2. The Labute approximate surface area is 153 Å². The molecule has 8 heteroatoms. The lowest BCUT2D eigenvalue weighted by molar-refractivity contribution is -0.116. The van der Waals surface area contributed by atoms with Gasteiger partial charge in [0, 0.05) is 16.5 Å². The van der Waals surface area contributed by atoms with Crippen LogP contribution in [-0.2, 0) is 24.2 Å². The molecule has 0 aliphatic heterocycles. The number of amides is 1. The summed E-state index contributed by atoms with van der Waals surface area (Å²) in [5.41, 5.74) is 2.01. The van der Waals surface area contributed by atoms with Crippen LogP contribution in [0.2, 0.25) is 0 Å². The third kappa shape index (κ3) is 3.23. The Bertz CT molecular complexity index is 892. The maximum atomic E-state index is 12.9. The van der Waals surface area contributed by atoms with Gasteiger partial charge in [0.25, 0.3) is 6.43 Å². The molecule has 4 rings (SSSR count). The Morgan fingerprint density at radius 2 is 2.19 bits per heavy atom. The summed E-state index contributed by atoms with van der Waals surface area (Å²) in [6, 6.07) is 3.61. The number of nitrogens with one attached hydrogen (secondary N) is 1. The van der Waals surface area contributed by atoms with Crippen molar-refractivity contribution in [3.05, 3.63) is 33.5 Å². The first-order valence-electron chi connectivity index (χ1n) is 8.77. The summed E-state index contributed by atoms with van der Waals surface area (Å²) in [5, 5.41) is 16.7. The Morgan fingerprint density at radius 1 is 1.42 bits per heavy atom. The highest BCUT2D eigenvalue weighted by Crippen LogP contribution is 2.41. The van der Waals surface area contributed by atoms with E-state index in [0.717, 1.165) is 44.1 Å².